The third-order valence-corrected chi connectivity index (χ3v) is 4.41. The van der Waals surface area contributed by atoms with Crippen molar-refractivity contribution in [3.05, 3.63) is 108 Å². The molecule has 144 valence electrons. The van der Waals surface area contributed by atoms with E-state index < -0.39 is 0 Å². The fourth-order valence-electron chi connectivity index (χ4n) is 2.92. The highest BCUT2D eigenvalue weighted by atomic mass is 16.5. The van der Waals surface area contributed by atoms with Gasteiger partial charge in [0.05, 0.1) is 12.7 Å². The van der Waals surface area contributed by atoms with Gasteiger partial charge in [-0.05, 0) is 18.2 Å². The number of oxazole rings is 1. The Morgan fingerprint density at radius 1 is 0.897 bits per heavy atom. The number of benzene rings is 3. The summed E-state index contributed by atoms with van der Waals surface area (Å²) in [5.74, 6) is 1.69. The van der Waals surface area contributed by atoms with Gasteiger partial charge in [0.25, 0.3) is 5.91 Å². The molecule has 4 rings (SSSR count). The van der Waals surface area contributed by atoms with E-state index in [-0.39, 0.29) is 12.5 Å². The van der Waals surface area contributed by atoms with Crippen LogP contribution in [-0.2, 0) is 13.2 Å². The Morgan fingerprint density at radius 3 is 2.38 bits per heavy atom. The second kappa shape index (κ2) is 8.89. The van der Waals surface area contributed by atoms with Gasteiger partial charge in [-0.1, -0.05) is 66.7 Å². The highest BCUT2D eigenvalue weighted by Gasteiger charge is 2.13. The number of carbonyl (C=O) groups excluding carboxylic acids is 1. The van der Waals surface area contributed by atoms with Crippen molar-refractivity contribution < 1.29 is 13.9 Å². The molecule has 1 amide bonds. The van der Waals surface area contributed by atoms with Crippen LogP contribution in [0.2, 0.25) is 0 Å². The molecule has 0 aliphatic rings. The van der Waals surface area contributed by atoms with Crippen molar-refractivity contribution in [2.24, 2.45) is 0 Å². The fraction of sp³-hybridized carbons (Fsp3) is 0.0833. The van der Waals surface area contributed by atoms with Crippen LogP contribution in [-0.4, -0.2) is 10.9 Å². The van der Waals surface area contributed by atoms with Gasteiger partial charge in [0.2, 0.25) is 5.89 Å². The first kappa shape index (κ1) is 18.5. The van der Waals surface area contributed by atoms with Gasteiger partial charge in [0.1, 0.15) is 12.4 Å². The second-order valence-electron chi connectivity index (χ2n) is 6.43. The molecule has 0 aliphatic carbocycles. The van der Waals surface area contributed by atoms with Crippen molar-refractivity contribution in [2.75, 3.05) is 0 Å². The maximum atomic E-state index is 12.7. The molecule has 4 aromatic rings. The molecule has 0 saturated heterocycles. The molecule has 0 fully saturated rings. The van der Waals surface area contributed by atoms with E-state index >= 15 is 0 Å². The monoisotopic (exact) mass is 384 g/mol. The predicted molar refractivity (Wildman–Crippen MR) is 110 cm³/mol. The molecule has 0 aliphatic heterocycles. The molecule has 1 heterocycles. The number of hydrogen-bond donors (Lipinski definition) is 1. The van der Waals surface area contributed by atoms with E-state index in [2.05, 4.69) is 10.3 Å². The van der Waals surface area contributed by atoms with Crippen molar-refractivity contribution in [1.29, 1.82) is 0 Å². The van der Waals surface area contributed by atoms with Crippen LogP contribution >= 0.6 is 0 Å². The Hall–Kier alpha value is -3.86. The maximum Gasteiger partial charge on any atom is 0.252 e. The number of carbonyl (C=O) groups is 1. The summed E-state index contributed by atoms with van der Waals surface area (Å²) in [6.45, 7) is 0.518. The molecule has 1 aromatic heterocycles. The second-order valence-corrected chi connectivity index (χ2v) is 6.43. The highest BCUT2D eigenvalue weighted by Crippen LogP contribution is 2.20. The number of rotatable bonds is 7. The fourth-order valence-corrected chi connectivity index (χ4v) is 2.92. The molecule has 5 nitrogen and oxygen atoms in total. The van der Waals surface area contributed by atoms with Crippen LogP contribution < -0.4 is 10.1 Å². The molecule has 0 radical (unpaired) electrons. The van der Waals surface area contributed by atoms with Crippen molar-refractivity contribution in [3.63, 3.8) is 0 Å². The number of amides is 1. The van der Waals surface area contributed by atoms with Gasteiger partial charge in [0, 0.05) is 16.7 Å². The zero-order valence-corrected chi connectivity index (χ0v) is 15.7. The van der Waals surface area contributed by atoms with Crippen molar-refractivity contribution >= 4 is 5.91 Å². The lowest BCUT2D eigenvalue weighted by molar-refractivity contribution is 0.0945. The Kier molecular flexibility index (Phi) is 5.67. The van der Waals surface area contributed by atoms with Gasteiger partial charge < -0.3 is 14.5 Å². The van der Waals surface area contributed by atoms with E-state index in [0.717, 1.165) is 16.9 Å². The minimum absolute atomic E-state index is 0.197. The topological polar surface area (TPSA) is 64.4 Å². The molecule has 0 unspecified atom stereocenters. The molecule has 1 N–H and O–H groups in total. The summed E-state index contributed by atoms with van der Waals surface area (Å²) < 4.78 is 11.5. The first-order valence-corrected chi connectivity index (χ1v) is 9.34. The standard InChI is InChI=1S/C24H20N2O3/c27-24(26-16-23-25-15-22(29-23)18-9-3-1-4-10-18)21-14-8-7-11-19(21)17-28-20-12-5-2-6-13-20/h1-15H,16-17H2,(H,26,27). The number of hydrogen-bond acceptors (Lipinski definition) is 4. The summed E-state index contributed by atoms with van der Waals surface area (Å²) in [4.78, 5) is 16.9. The molecule has 29 heavy (non-hydrogen) atoms. The quantitative estimate of drug-likeness (QED) is 0.495. The number of aromatic nitrogens is 1. The van der Waals surface area contributed by atoms with Crippen LogP contribution in [0.25, 0.3) is 11.3 Å². The Bertz CT molecular complexity index is 1080. The van der Waals surface area contributed by atoms with Crippen LogP contribution in [0.3, 0.4) is 0 Å². The van der Waals surface area contributed by atoms with E-state index in [0.29, 0.717) is 23.8 Å². The van der Waals surface area contributed by atoms with Crippen LogP contribution in [0.5, 0.6) is 5.75 Å². The summed E-state index contributed by atoms with van der Waals surface area (Å²) in [5.41, 5.74) is 2.32. The summed E-state index contributed by atoms with van der Waals surface area (Å²) in [6.07, 6.45) is 1.67. The lowest BCUT2D eigenvalue weighted by Gasteiger charge is -2.11. The molecule has 5 heteroatoms. The van der Waals surface area contributed by atoms with Gasteiger partial charge in [-0.15, -0.1) is 0 Å². The molecular formula is C24H20N2O3. The van der Waals surface area contributed by atoms with Gasteiger partial charge in [-0.25, -0.2) is 4.98 Å². The average Bonchev–Trinajstić information content (AvgIpc) is 3.27. The lowest BCUT2D eigenvalue weighted by atomic mass is 10.1. The Balaban J connectivity index is 1.39. The van der Waals surface area contributed by atoms with Crippen molar-refractivity contribution in [2.45, 2.75) is 13.2 Å². The number of ether oxygens (including phenoxy) is 1. The van der Waals surface area contributed by atoms with E-state index in [4.69, 9.17) is 9.15 Å². The van der Waals surface area contributed by atoms with Gasteiger partial charge in [-0.3, -0.25) is 4.79 Å². The maximum absolute atomic E-state index is 12.7. The van der Waals surface area contributed by atoms with E-state index in [1.807, 2.05) is 78.9 Å². The summed E-state index contributed by atoms with van der Waals surface area (Å²) in [7, 11) is 0. The van der Waals surface area contributed by atoms with Gasteiger partial charge in [0.15, 0.2) is 5.76 Å². The van der Waals surface area contributed by atoms with E-state index in [9.17, 15) is 4.79 Å². The molecule has 0 spiro atoms. The van der Waals surface area contributed by atoms with Gasteiger partial charge in [-0.2, -0.15) is 0 Å². The third-order valence-electron chi connectivity index (χ3n) is 4.41. The normalized spacial score (nSPS) is 10.5. The Morgan fingerprint density at radius 2 is 1.59 bits per heavy atom. The molecule has 0 bridgehead atoms. The summed E-state index contributed by atoms with van der Waals surface area (Å²) in [5, 5.41) is 2.87. The number of para-hydroxylation sites is 1. The van der Waals surface area contributed by atoms with Crippen LogP contribution in [0.1, 0.15) is 21.8 Å². The predicted octanol–water partition coefficient (Wildman–Crippen LogP) is 4.85. The highest BCUT2D eigenvalue weighted by molar-refractivity contribution is 5.95. The summed E-state index contributed by atoms with van der Waals surface area (Å²) >= 11 is 0. The zero-order valence-electron chi connectivity index (χ0n) is 15.7. The molecule has 3 aromatic carbocycles. The van der Waals surface area contributed by atoms with E-state index in [1.165, 1.54) is 0 Å². The third kappa shape index (κ3) is 4.71. The van der Waals surface area contributed by atoms with E-state index in [1.54, 1.807) is 12.3 Å². The number of nitrogens with one attached hydrogen (secondary N) is 1. The average molecular weight is 384 g/mol. The molecular weight excluding hydrogens is 364 g/mol. The number of nitrogens with zero attached hydrogens (tertiary/aromatic N) is 1. The zero-order chi connectivity index (χ0) is 19.9. The largest absolute Gasteiger partial charge is 0.489 e. The van der Waals surface area contributed by atoms with Crippen molar-refractivity contribution in [1.82, 2.24) is 10.3 Å². The van der Waals surface area contributed by atoms with Crippen LogP contribution in [0.15, 0.2) is 95.5 Å². The Labute approximate surface area is 169 Å². The minimum atomic E-state index is -0.197. The first-order valence-electron chi connectivity index (χ1n) is 9.34. The summed E-state index contributed by atoms with van der Waals surface area (Å²) in [6, 6.07) is 26.6. The van der Waals surface area contributed by atoms with Crippen LogP contribution in [0.4, 0.5) is 0 Å². The van der Waals surface area contributed by atoms with Crippen LogP contribution in [0, 0.1) is 0 Å². The van der Waals surface area contributed by atoms with Crippen molar-refractivity contribution in [3.8, 4) is 17.1 Å². The van der Waals surface area contributed by atoms with Gasteiger partial charge >= 0.3 is 0 Å². The molecule has 0 atom stereocenters. The smallest absolute Gasteiger partial charge is 0.252 e. The lowest BCUT2D eigenvalue weighted by Crippen LogP contribution is -2.24. The first-order chi connectivity index (χ1) is 14.3. The minimum Gasteiger partial charge on any atom is -0.489 e. The SMILES string of the molecule is O=C(NCc1ncc(-c2ccccc2)o1)c1ccccc1COc1ccccc1. The molecule has 0 saturated carbocycles.